The molecule has 0 aliphatic carbocycles. The Morgan fingerprint density at radius 3 is 1.27 bits per heavy atom. The van der Waals surface area contributed by atoms with Gasteiger partial charge in [0.2, 0.25) is 17.7 Å². The largest absolute Gasteiger partial charge is 0.497 e. The van der Waals surface area contributed by atoms with Crippen molar-refractivity contribution in [1.82, 2.24) is 14.7 Å². The van der Waals surface area contributed by atoms with E-state index in [0.29, 0.717) is 44.5 Å². The Bertz CT molecular complexity index is 3370. The van der Waals surface area contributed by atoms with Crippen LogP contribution < -0.4 is 40.9 Å². The molecule has 83 heavy (non-hydrogen) atoms. The van der Waals surface area contributed by atoms with E-state index in [2.05, 4.69) is 18.2 Å². The average molecular weight is 1140 g/mol. The molecule has 6 aliphatic rings. The number of amides is 3. The summed E-state index contributed by atoms with van der Waals surface area (Å²) < 4.78 is 28.2. The van der Waals surface area contributed by atoms with Crippen molar-refractivity contribution in [2.45, 2.75) is 74.4 Å². The van der Waals surface area contributed by atoms with E-state index >= 15 is 0 Å². The minimum Gasteiger partial charge on any atom is -0.497 e. The summed E-state index contributed by atoms with van der Waals surface area (Å²) in [7, 11) is 3.28. The van der Waals surface area contributed by atoms with Gasteiger partial charge in [0, 0.05) is 115 Å². The van der Waals surface area contributed by atoms with Crippen LogP contribution in [0.2, 0.25) is 5.02 Å². The molecule has 12 rings (SSSR count). The van der Waals surface area contributed by atoms with E-state index in [4.69, 9.17) is 52.5 Å². The Morgan fingerprint density at radius 1 is 0.470 bits per heavy atom. The van der Waals surface area contributed by atoms with Crippen LogP contribution in [-0.2, 0) is 50.3 Å². The number of ether oxygens (including phenoxy) is 5. The number of hydrogen-bond donors (Lipinski definition) is 3. The number of nitrogens with zero attached hydrogens (tertiary/aromatic N) is 3. The first kappa shape index (κ1) is 58.3. The van der Waals surface area contributed by atoms with E-state index < -0.39 is 0 Å². The summed E-state index contributed by atoms with van der Waals surface area (Å²) in [6.07, 6.45) is 15.9. The number of benzene rings is 6. The van der Waals surface area contributed by atoms with Gasteiger partial charge in [0.05, 0.1) is 34.0 Å². The smallest absolute Gasteiger partial charge is 0.246 e. The fourth-order valence-electron chi connectivity index (χ4n) is 12.2. The monoisotopic (exact) mass is 1140 g/mol. The molecular weight excluding hydrogens is 1060 g/mol. The number of carbonyl (C=O) groups is 3. The molecular formula is C68H75ClN6O8. The van der Waals surface area contributed by atoms with Crippen LogP contribution in [0.15, 0.2) is 146 Å². The van der Waals surface area contributed by atoms with Gasteiger partial charge in [0.25, 0.3) is 0 Å². The third-order valence-electron chi connectivity index (χ3n) is 17.5. The second kappa shape index (κ2) is 26.1. The second-order valence-corrected chi connectivity index (χ2v) is 22.8. The van der Waals surface area contributed by atoms with Crippen molar-refractivity contribution < 1.29 is 38.1 Å². The van der Waals surface area contributed by atoms with Crippen LogP contribution in [0.3, 0.4) is 0 Å². The van der Waals surface area contributed by atoms with Gasteiger partial charge < -0.3 is 55.6 Å². The molecule has 6 aromatic carbocycles. The third-order valence-corrected chi connectivity index (χ3v) is 17.9. The highest BCUT2D eigenvalue weighted by Crippen LogP contribution is 2.48. The lowest BCUT2D eigenvalue weighted by Gasteiger charge is -2.38. The molecule has 0 bridgehead atoms. The molecule has 0 aromatic heterocycles. The van der Waals surface area contributed by atoms with Gasteiger partial charge in [0.1, 0.15) is 28.7 Å². The van der Waals surface area contributed by atoms with Gasteiger partial charge in [0.15, 0.2) is 0 Å². The zero-order valence-electron chi connectivity index (χ0n) is 47.5. The predicted molar refractivity (Wildman–Crippen MR) is 327 cm³/mol. The minimum absolute atomic E-state index is 0.00372. The minimum atomic E-state index is 0.00372. The molecule has 432 valence electrons. The topological polar surface area (TPSA) is 185 Å². The molecule has 6 N–H and O–H groups in total. The lowest BCUT2D eigenvalue weighted by molar-refractivity contribution is -0.128. The summed E-state index contributed by atoms with van der Waals surface area (Å²) >= 11 is 6.15. The highest BCUT2D eigenvalue weighted by atomic mass is 35.5. The van der Waals surface area contributed by atoms with Crippen LogP contribution in [0.25, 0.3) is 18.2 Å². The molecule has 15 heteroatoms. The summed E-state index contributed by atoms with van der Waals surface area (Å²) in [6.45, 7) is 8.05. The Balaban J connectivity index is 0.000000139. The van der Waals surface area contributed by atoms with Gasteiger partial charge in [-0.3, -0.25) is 14.4 Å². The molecule has 0 unspecified atom stereocenters. The lowest BCUT2D eigenvalue weighted by atomic mass is 9.74. The van der Waals surface area contributed by atoms with Crippen molar-refractivity contribution in [3.05, 3.63) is 201 Å². The molecule has 3 fully saturated rings. The number of likely N-dealkylation sites (tertiary alicyclic amines) is 3. The number of piperidine rings is 3. The summed E-state index contributed by atoms with van der Waals surface area (Å²) in [6, 6.07) is 41.6. The maximum absolute atomic E-state index is 12.6. The van der Waals surface area contributed by atoms with Crippen LogP contribution in [0, 0.1) is 0 Å². The first-order valence-corrected chi connectivity index (χ1v) is 29.1. The molecule has 3 saturated heterocycles. The van der Waals surface area contributed by atoms with E-state index in [-0.39, 0.29) is 34.0 Å². The van der Waals surface area contributed by atoms with Crippen molar-refractivity contribution in [3.8, 4) is 28.7 Å². The summed E-state index contributed by atoms with van der Waals surface area (Å²) in [5.74, 6) is 4.62. The highest BCUT2D eigenvalue weighted by molar-refractivity contribution is 6.32. The fraction of sp³-hybridized carbons (Fsp3) is 0.338. The molecule has 0 radical (unpaired) electrons. The Hall–Kier alpha value is -7.88. The molecule has 0 saturated carbocycles. The van der Waals surface area contributed by atoms with Gasteiger partial charge in [-0.2, -0.15) is 0 Å². The van der Waals surface area contributed by atoms with Crippen molar-refractivity contribution in [2.24, 2.45) is 17.2 Å². The molecule has 3 spiro atoms. The zero-order chi connectivity index (χ0) is 58.0. The fourth-order valence-corrected chi connectivity index (χ4v) is 12.4. The Labute approximate surface area is 492 Å². The lowest BCUT2D eigenvalue weighted by Crippen LogP contribution is -2.45. The van der Waals surface area contributed by atoms with E-state index in [1.165, 1.54) is 16.7 Å². The number of nitrogens with two attached hydrogens (primary N) is 3. The van der Waals surface area contributed by atoms with Gasteiger partial charge in [-0.25, -0.2) is 0 Å². The van der Waals surface area contributed by atoms with Gasteiger partial charge in [-0.1, -0.05) is 90.5 Å². The standard InChI is InChI=1S/2C23H26N2O3.C22H23ClN2O2/c1-27-19-6-2-17(3-7-19)5-9-22(26)25-12-10-23(11-13-25)16-28-21-8-4-18(15-24)14-20(21)23;1-27-19-4-2-3-17(13-19)6-8-22(26)25-11-9-23(10-12-25)16-28-21-7-5-18(15-24)14-20(21)23;23-19-4-2-1-3-17(19)6-8-21(26)25-11-9-22(10-12-25)15-27-20-7-5-16(14-24)13-18(20)22/h2-9,14H,10-13,15-16,24H2,1H3;2-8,13-14H,9-12,15-16,24H2,1H3;1-8,13H,9-12,14-15,24H2/b9-5+;2*8-6+. The van der Waals surface area contributed by atoms with Crippen LogP contribution >= 0.6 is 11.6 Å². The van der Waals surface area contributed by atoms with E-state index in [9.17, 15) is 14.4 Å². The molecule has 6 aromatic rings. The Morgan fingerprint density at radius 2 is 0.867 bits per heavy atom. The van der Waals surface area contributed by atoms with Crippen molar-refractivity contribution in [3.63, 3.8) is 0 Å². The first-order chi connectivity index (χ1) is 40.4. The predicted octanol–water partition coefficient (Wildman–Crippen LogP) is 10.0. The number of rotatable bonds is 11. The number of fused-ring (bicyclic) bond motifs is 6. The first-order valence-electron chi connectivity index (χ1n) is 28.7. The number of halogens is 1. The maximum atomic E-state index is 12.6. The number of hydrogen-bond acceptors (Lipinski definition) is 11. The van der Waals surface area contributed by atoms with Gasteiger partial charge in [-0.15, -0.1) is 0 Å². The van der Waals surface area contributed by atoms with Crippen LogP contribution in [0.4, 0.5) is 0 Å². The van der Waals surface area contributed by atoms with E-state index in [1.807, 2.05) is 136 Å². The average Bonchev–Trinajstić information content (AvgIpc) is 3.77. The number of carbonyl (C=O) groups excluding carboxylic acids is 3. The van der Waals surface area contributed by atoms with Crippen LogP contribution in [0.1, 0.15) is 88.6 Å². The molecule has 6 heterocycles. The van der Waals surface area contributed by atoms with Gasteiger partial charge >= 0.3 is 0 Å². The van der Waals surface area contributed by atoms with Crippen LogP contribution in [0.5, 0.6) is 28.7 Å². The SMILES string of the molecule is COc1ccc(/C=C/C(=O)N2CCC3(CC2)COc2ccc(CN)cc23)cc1.COc1cccc(/C=C/C(=O)N2CCC3(CC2)COc2ccc(CN)cc23)c1.NCc1ccc2c(c1)C1(CCN(C(=O)/C=C/c3ccccc3Cl)CC1)CO2. The normalized spacial score (nSPS) is 17.7. The maximum Gasteiger partial charge on any atom is 0.246 e. The summed E-state index contributed by atoms with van der Waals surface area (Å²) in [4.78, 5) is 43.6. The van der Waals surface area contributed by atoms with Gasteiger partial charge in [-0.05, 0) is 139 Å². The van der Waals surface area contributed by atoms with E-state index in [1.54, 1.807) is 38.5 Å². The summed E-state index contributed by atoms with van der Waals surface area (Å²) in [5.41, 5.74) is 27.4. The van der Waals surface area contributed by atoms with E-state index in [0.717, 1.165) is 140 Å². The summed E-state index contributed by atoms with van der Waals surface area (Å²) in [5, 5.41) is 0.648. The van der Waals surface area contributed by atoms with Crippen molar-refractivity contribution >= 4 is 47.6 Å². The van der Waals surface area contributed by atoms with Crippen molar-refractivity contribution in [1.29, 1.82) is 0 Å². The molecule has 0 atom stereocenters. The third kappa shape index (κ3) is 13.2. The molecule has 3 amide bonds. The van der Waals surface area contributed by atoms with Crippen molar-refractivity contribution in [2.75, 3.05) is 73.3 Å². The zero-order valence-corrected chi connectivity index (χ0v) is 48.3. The highest BCUT2D eigenvalue weighted by Gasteiger charge is 2.46. The number of methoxy groups -OCH3 is 2. The molecule has 6 aliphatic heterocycles. The molecule has 14 nitrogen and oxygen atoms in total. The quantitative estimate of drug-likeness (QED) is 0.105. The Kier molecular flexibility index (Phi) is 18.4. The van der Waals surface area contributed by atoms with Crippen LogP contribution in [-0.4, -0.2) is 106 Å². The second-order valence-electron chi connectivity index (χ2n) is 22.4.